The summed E-state index contributed by atoms with van der Waals surface area (Å²) in [5, 5.41) is 7.63. The third kappa shape index (κ3) is 2.00. The summed E-state index contributed by atoms with van der Waals surface area (Å²) in [5.74, 6) is 1.08. The van der Waals surface area contributed by atoms with Crippen LogP contribution in [0.25, 0.3) is 27.8 Å². The lowest BCUT2D eigenvalue weighted by Crippen LogP contribution is -1.98. The average molecular weight is 308 g/mol. The van der Waals surface area contributed by atoms with Gasteiger partial charge in [0.05, 0.1) is 7.11 Å². The monoisotopic (exact) mass is 308 g/mol. The molecule has 0 spiro atoms. The van der Waals surface area contributed by atoms with E-state index >= 15 is 0 Å². The second-order valence-corrected chi connectivity index (χ2v) is 4.84. The molecule has 0 atom stereocenters. The zero-order valence-corrected chi connectivity index (χ0v) is 12.1. The van der Waals surface area contributed by atoms with Crippen molar-refractivity contribution < 1.29 is 9.53 Å². The van der Waals surface area contributed by atoms with Crippen molar-refractivity contribution in [2.75, 3.05) is 12.4 Å². The Morgan fingerprint density at radius 3 is 3.00 bits per heavy atom. The summed E-state index contributed by atoms with van der Waals surface area (Å²) >= 11 is 0. The number of fused-ring (bicyclic) bond motifs is 2. The Morgan fingerprint density at radius 1 is 1.26 bits per heavy atom. The number of carbonyl (C=O) groups is 1. The van der Waals surface area contributed by atoms with Gasteiger partial charge < -0.3 is 15.0 Å². The molecule has 0 aromatic carbocycles. The molecule has 1 amide bonds. The van der Waals surface area contributed by atoms with E-state index in [9.17, 15) is 4.79 Å². The number of nitrogens with one attached hydrogen (secondary N) is 2. The maximum atomic E-state index is 10.5. The standard InChI is InChI=1S/C15H12N6O2/c1-23-15-10(3-5-13-17-7-19-21(13)15)11-6-16-14-9(11)2-4-12(20-14)18-8-22/h2-8H,1H3,(H2,16,18,20,22). The number of methoxy groups -OCH3 is 1. The van der Waals surface area contributed by atoms with Gasteiger partial charge in [0.25, 0.3) is 0 Å². The van der Waals surface area contributed by atoms with Crippen molar-refractivity contribution in [3.8, 4) is 17.0 Å². The summed E-state index contributed by atoms with van der Waals surface area (Å²) in [6.45, 7) is 0. The number of ether oxygens (including phenoxy) is 1. The van der Waals surface area contributed by atoms with E-state index in [4.69, 9.17) is 4.74 Å². The zero-order valence-electron chi connectivity index (χ0n) is 12.1. The fourth-order valence-corrected chi connectivity index (χ4v) is 2.63. The number of amides is 1. The van der Waals surface area contributed by atoms with Crippen LogP contribution < -0.4 is 10.1 Å². The molecule has 23 heavy (non-hydrogen) atoms. The topological polar surface area (TPSA) is 97.2 Å². The predicted octanol–water partition coefficient (Wildman–Crippen LogP) is 1.85. The number of aromatic nitrogens is 5. The maximum absolute atomic E-state index is 10.5. The molecule has 0 aliphatic rings. The van der Waals surface area contributed by atoms with Crippen molar-refractivity contribution in [1.29, 1.82) is 0 Å². The van der Waals surface area contributed by atoms with Crippen molar-refractivity contribution >= 4 is 28.9 Å². The van der Waals surface area contributed by atoms with Gasteiger partial charge in [-0.25, -0.2) is 9.97 Å². The maximum Gasteiger partial charge on any atom is 0.224 e. The van der Waals surface area contributed by atoms with E-state index in [2.05, 4.69) is 25.4 Å². The first-order chi connectivity index (χ1) is 11.3. The Kier molecular flexibility index (Phi) is 2.94. The molecular formula is C15H12N6O2. The number of carbonyl (C=O) groups excluding carboxylic acids is 1. The molecule has 8 nitrogen and oxygen atoms in total. The number of nitrogens with zero attached hydrogens (tertiary/aromatic N) is 4. The van der Waals surface area contributed by atoms with Crippen LogP contribution in [-0.4, -0.2) is 38.1 Å². The van der Waals surface area contributed by atoms with Crippen molar-refractivity contribution in [1.82, 2.24) is 24.6 Å². The van der Waals surface area contributed by atoms with Gasteiger partial charge in [-0.3, -0.25) is 4.79 Å². The van der Waals surface area contributed by atoms with E-state index in [0.717, 1.165) is 16.5 Å². The van der Waals surface area contributed by atoms with Gasteiger partial charge in [-0.15, -0.1) is 0 Å². The number of hydrogen-bond acceptors (Lipinski definition) is 5. The molecule has 0 aliphatic heterocycles. The highest BCUT2D eigenvalue weighted by Crippen LogP contribution is 2.35. The molecule has 4 rings (SSSR count). The van der Waals surface area contributed by atoms with Crippen molar-refractivity contribution in [3.05, 3.63) is 36.8 Å². The molecule has 4 heterocycles. The Balaban J connectivity index is 1.93. The number of H-pyrrole nitrogens is 1. The first-order valence-corrected chi connectivity index (χ1v) is 6.87. The Morgan fingerprint density at radius 2 is 2.17 bits per heavy atom. The molecule has 114 valence electrons. The molecule has 0 unspecified atom stereocenters. The zero-order chi connectivity index (χ0) is 15.8. The van der Waals surface area contributed by atoms with E-state index in [1.165, 1.54) is 6.33 Å². The van der Waals surface area contributed by atoms with Crippen molar-refractivity contribution in [2.24, 2.45) is 0 Å². The van der Waals surface area contributed by atoms with Gasteiger partial charge in [0, 0.05) is 22.7 Å². The number of anilines is 1. The van der Waals surface area contributed by atoms with E-state index in [1.54, 1.807) is 17.7 Å². The minimum Gasteiger partial charge on any atom is -0.480 e. The summed E-state index contributed by atoms with van der Waals surface area (Å²) in [6.07, 6.45) is 3.93. The summed E-state index contributed by atoms with van der Waals surface area (Å²) < 4.78 is 7.16. The van der Waals surface area contributed by atoms with Crippen LogP contribution in [0.4, 0.5) is 5.82 Å². The van der Waals surface area contributed by atoms with Crippen LogP contribution in [0.1, 0.15) is 0 Å². The lowest BCUT2D eigenvalue weighted by atomic mass is 10.1. The predicted molar refractivity (Wildman–Crippen MR) is 84.3 cm³/mol. The van der Waals surface area contributed by atoms with E-state index in [0.29, 0.717) is 29.4 Å². The first-order valence-electron chi connectivity index (χ1n) is 6.87. The van der Waals surface area contributed by atoms with Crippen LogP contribution in [0.5, 0.6) is 5.88 Å². The molecule has 0 bridgehead atoms. The summed E-state index contributed by atoms with van der Waals surface area (Å²) in [7, 11) is 1.60. The Labute approximate surface area is 130 Å². The molecule has 8 heteroatoms. The normalized spacial score (nSPS) is 11.0. The quantitative estimate of drug-likeness (QED) is 0.561. The molecular weight excluding hydrogens is 296 g/mol. The van der Waals surface area contributed by atoms with E-state index in [1.807, 2.05) is 24.4 Å². The average Bonchev–Trinajstić information content (AvgIpc) is 3.20. The largest absolute Gasteiger partial charge is 0.480 e. The molecule has 4 aromatic heterocycles. The molecule has 0 aliphatic carbocycles. The SMILES string of the molecule is COc1c(-c2c[nH]c3nc(NC=O)ccc23)ccc2ncnn12. The van der Waals surface area contributed by atoms with Crippen LogP contribution in [0.15, 0.2) is 36.8 Å². The van der Waals surface area contributed by atoms with Gasteiger partial charge in [0.2, 0.25) is 12.3 Å². The third-order valence-corrected chi connectivity index (χ3v) is 3.62. The third-order valence-electron chi connectivity index (χ3n) is 3.62. The highest BCUT2D eigenvalue weighted by molar-refractivity contribution is 5.96. The van der Waals surface area contributed by atoms with Crippen LogP contribution in [0, 0.1) is 0 Å². The fourth-order valence-electron chi connectivity index (χ4n) is 2.63. The molecule has 2 N–H and O–H groups in total. The molecule has 0 saturated carbocycles. The lowest BCUT2D eigenvalue weighted by Gasteiger charge is -2.09. The molecule has 0 fully saturated rings. The van der Waals surface area contributed by atoms with Crippen LogP contribution in [0.3, 0.4) is 0 Å². The molecule has 0 saturated heterocycles. The highest BCUT2D eigenvalue weighted by atomic mass is 16.5. The summed E-state index contributed by atoms with van der Waals surface area (Å²) in [6, 6.07) is 7.45. The van der Waals surface area contributed by atoms with Crippen LogP contribution in [-0.2, 0) is 4.79 Å². The molecule has 4 aromatic rings. The van der Waals surface area contributed by atoms with Gasteiger partial charge in [-0.1, -0.05) is 0 Å². The highest BCUT2D eigenvalue weighted by Gasteiger charge is 2.15. The minimum absolute atomic E-state index is 0.486. The Bertz CT molecular complexity index is 1020. The van der Waals surface area contributed by atoms with Gasteiger partial charge in [0.1, 0.15) is 17.8 Å². The summed E-state index contributed by atoms with van der Waals surface area (Å²) in [5.41, 5.74) is 3.18. The number of hydrogen-bond donors (Lipinski definition) is 2. The second-order valence-electron chi connectivity index (χ2n) is 4.84. The summed E-state index contributed by atoms with van der Waals surface area (Å²) in [4.78, 5) is 22.1. The molecule has 0 radical (unpaired) electrons. The number of pyridine rings is 2. The number of rotatable bonds is 4. The van der Waals surface area contributed by atoms with Gasteiger partial charge >= 0.3 is 0 Å². The number of aromatic amines is 1. The van der Waals surface area contributed by atoms with Crippen molar-refractivity contribution in [3.63, 3.8) is 0 Å². The smallest absolute Gasteiger partial charge is 0.224 e. The van der Waals surface area contributed by atoms with Crippen LogP contribution >= 0.6 is 0 Å². The Hall–Kier alpha value is -3.42. The van der Waals surface area contributed by atoms with Gasteiger partial charge in [-0.2, -0.15) is 9.61 Å². The van der Waals surface area contributed by atoms with Crippen molar-refractivity contribution in [2.45, 2.75) is 0 Å². The van der Waals surface area contributed by atoms with Gasteiger partial charge in [-0.05, 0) is 24.3 Å². The second kappa shape index (κ2) is 5.09. The minimum atomic E-state index is 0.486. The fraction of sp³-hybridized carbons (Fsp3) is 0.0667. The van der Waals surface area contributed by atoms with Gasteiger partial charge in [0.15, 0.2) is 5.65 Å². The first kappa shape index (κ1) is 13.3. The van der Waals surface area contributed by atoms with Crippen LogP contribution in [0.2, 0.25) is 0 Å². The lowest BCUT2D eigenvalue weighted by molar-refractivity contribution is -0.105. The van der Waals surface area contributed by atoms with E-state index in [-0.39, 0.29) is 0 Å². The van der Waals surface area contributed by atoms with E-state index < -0.39 is 0 Å².